The summed E-state index contributed by atoms with van der Waals surface area (Å²) in [5.74, 6) is -0.365. The van der Waals surface area contributed by atoms with Gasteiger partial charge in [0.2, 0.25) is 0 Å². The summed E-state index contributed by atoms with van der Waals surface area (Å²) in [5.41, 5.74) is 10.7. The van der Waals surface area contributed by atoms with Crippen LogP contribution in [-0.2, 0) is 5.54 Å². The highest BCUT2D eigenvalue weighted by Crippen LogP contribution is 2.16. The highest BCUT2D eigenvalue weighted by Gasteiger charge is 2.18. The van der Waals surface area contributed by atoms with E-state index >= 15 is 0 Å². The minimum atomic E-state index is -0.548. The zero-order valence-electron chi connectivity index (χ0n) is 8.03. The van der Waals surface area contributed by atoms with Crippen LogP contribution in [-0.4, -0.2) is 15.7 Å². The monoisotopic (exact) mass is 182 g/mol. The van der Waals surface area contributed by atoms with Crippen LogP contribution >= 0.6 is 0 Å². The molecule has 1 rings (SSSR count). The zero-order chi connectivity index (χ0) is 10.2. The maximum atomic E-state index is 10.9. The molecule has 1 aromatic heterocycles. The molecule has 4 N–H and O–H groups in total. The van der Waals surface area contributed by atoms with Crippen molar-refractivity contribution in [1.82, 2.24) is 9.78 Å². The lowest BCUT2D eigenvalue weighted by molar-refractivity contribution is 0.100. The van der Waals surface area contributed by atoms with Gasteiger partial charge >= 0.3 is 0 Å². The van der Waals surface area contributed by atoms with Gasteiger partial charge in [-0.3, -0.25) is 9.48 Å². The SMILES string of the molecule is CC(C)(C)n1cc(C(N)=O)c(N)n1. The van der Waals surface area contributed by atoms with Gasteiger partial charge in [0.1, 0.15) is 5.56 Å². The van der Waals surface area contributed by atoms with Crippen LogP contribution in [0.1, 0.15) is 31.1 Å². The molecule has 1 heterocycles. The number of carbonyl (C=O) groups is 1. The lowest BCUT2D eigenvalue weighted by Gasteiger charge is -2.18. The first kappa shape index (κ1) is 9.57. The molecule has 0 radical (unpaired) electrons. The quantitative estimate of drug-likeness (QED) is 0.655. The Balaban J connectivity index is 3.17. The Morgan fingerprint density at radius 3 is 2.31 bits per heavy atom. The average molecular weight is 182 g/mol. The number of primary amides is 1. The molecule has 0 aromatic carbocycles. The molecule has 5 nitrogen and oxygen atoms in total. The summed E-state index contributed by atoms with van der Waals surface area (Å²) in [6.07, 6.45) is 1.57. The van der Waals surface area contributed by atoms with Gasteiger partial charge in [0.15, 0.2) is 5.82 Å². The van der Waals surface area contributed by atoms with Crippen molar-refractivity contribution >= 4 is 11.7 Å². The lowest BCUT2D eigenvalue weighted by atomic mass is 10.1. The van der Waals surface area contributed by atoms with Crippen molar-refractivity contribution in [3.63, 3.8) is 0 Å². The van der Waals surface area contributed by atoms with Crippen molar-refractivity contribution < 1.29 is 4.79 Å². The van der Waals surface area contributed by atoms with E-state index in [1.807, 2.05) is 20.8 Å². The van der Waals surface area contributed by atoms with Crippen molar-refractivity contribution in [2.75, 3.05) is 5.73 Å². The molecule has 0 atom stereocenters. The first-order chi connectivity index (χ1) is 5.82. The fraction of sp³-hybridized carbons (Fsp3) is 0.500. The van der Waals surface area contributed by atoms with Crippen LogP contribution in [0.5, 0.6) is 0 Å². The molecular formula is C8H14N4O. The third-order valence-corrected chi connectivity index (χ3v) is 1.70. The van der Waals surface area contributed by atoms with E-state index in [9.17, 15) is 4.79 Å². The summed E-state index contributed by atoms with van der Waals surface area (Å²) >= 11 is 0. The van der Waals surface area contributed by atoms with Gasteiger partial charge in [0.25, 0.3) is 5.91 Å². The van der Waals surface area contributed by atoms with Gasteiger partial charge in [-0.2, -0.15) is 5.10 Å². The minimum absolute atomic E-state index is 0.183. The highest BCUT2D eigenvalue weighted by atomic mass is 16.1. The normalized spacial score (nSPS) is 11.6. The Kier molecular flexibility index (Phi) is 2.03. The van der Waals surface area contributed by atoms with Gasteiger partial charge in [0.05, 0.1) is 5.54 Å². The zero-order valence-corrected chi connectivity index (χ0v) is 8.03. The molecule has 1 aromatic rings. The number of nitrogens with zero attached hydrogens (tertiary/aromatic N) is 2. The second-order valence-electron chi connectivity index (χ2n) is 3.91. The van der Waals surface area contributed by atoms with E-state index < -0.39 is 5.91 Å². The first-order valence-electron chi connectivity index (χ1n) is 3.98. The van der Waals surface area contributed by atoms with Gasteiger partial charge in [0, 0.05) is 6.20 Å². The largest absolute Gasteiger partial charge is 0.382 e. The van der Waals surface area contributed by atoms with Gasteiger partial charge in [-0.15, -0.1) is 0 Å². The average Bonchev–Trinajstić information content (AvgIpc) is 2.29. The number of hydrogen-bond acceptors (Lipinski definition) is 3. The van der Waals surface area contributed by atoms with Gasteiger partial charge < -0.3 is 11.5 Å². The van der Waals surface area contributed by atoms with Crippen LogP contribution in [0.15, 0.2) is 6.20 Å². The second-order valence-corrected chi connectivity index (χ2v) is 3.91. The number of nitrogen functional groups attached to an aromatic ring is 1. The van der Waals surface area contributed by atoms with Crippen molar-refractivity contribution in [2.24, 2.45) is 5.73 Å². The topological polar surface area (TPSA) is 86.9 Å². The minimum Gasteiger partial charge on any atom is -0.382 e. The maximum absolute atomic E-state index is 10.9. The molecule has 0 bridgehead atoms. The summed E-state index contributed by atoms with van der Waals surface area (Å²) in [7, 11) is 0. The number of amides is 1. The van der Waals surface area contributed by atoms with Crippen LogP contribution in [0, 0.1) is 0 Å². The summed E-state index contributed by atoms with van der Waals surface area (Å²) in [6.45, 7) is 5.89. The maximum Gasteiger partial charge on any atom is 0.254 e. The molecule has 0 aliphatic rings. The van der Waals surface area contributed by atoms with E-state index in [1.54, 1.807) is 10.9 Å². The smallest absolute Gasteiger partial charge is 0.254 e. The van der Waals surface area contributed by atoms with E-state index in [2.05, 4.69) is 5.10 Å². The number of rotatable bonds is 1. The Bertz CT molecular complexity index is 334. The summed E-state index contributed by atoms with van der Waals surface area (Å²) in [6, 6.07) is 0. The molecule has 0 saturated carbocycles. The van der Waals surface area contributed by atoms with E-state index in [1.165, 1.54) is 0 Å². The molecule has 0 spiro atoms. The number of carbonyl (C=O) groups excluding carboxylic acids is 1. The molecular weight excluding hydrogens is 168 g/mol. The van der Waals surface area contributed by atoms with E-state index in [0.717, 1.165) is 0 Å². The van der Waals surface area contributed by atoms with Crippen molar-refractivity contribution in [1.29, 1.82) is 0 Å². The van der Waals surface area contributed by atoms with Crippen LogP contribution in [0.4, 0.5) is 5.82 Å². The van der Waals surface area contributed by atoms with Gasteiger partial charge in [-0.25, -0.2) is 0 Å². The number of anilines is 1. The van der Waals surface area contributed by atoms with Crippen LogP contribution in [0.3, 0.4) is 0 Å². The van der Waals surface area contributed by atoms with Gasteiger partial charge in [-0.05, 0) is 20.8 Å². The fourth-order valence-corrected chi connectivity index (χ4v) is 0.921. The number of hydrogen-bond donors (Lipinski definition) is 2. The Morgan fingerprint density at radius 1 is 1.54 bits per heavy atom. The van der Waals surface area contributed by atoms with Crippen molar-refractivity contribution in [3.05, 3.63) is 11.8 Å². The van der Waals surface area contributed by atoms with E-state index in [0.29, 0.717) is 0 Å². The van der Waals surface area contributed by atoms with Crippen molar-refractivity contribution in [2.45, 2.75) is 26.3 Å². The summed E-state index contributed by atoms with van der Waals surface area (Å²) in [4.78, 5) is 10.9. The Morgan fingerprint density at radius 2 is 2.08 bits per heavy atom. The molecule has 5 heteroatoms. The molecule has 0 saturated heterocycles. The lowest BCUT2D eigenvalue weighted by Crippen LogP contribution is -2.22. The third kappa shape index (κ3) is 1.80. The molecule has 0 aliphatic carbocycles. The van der Waals surface area contributed by atoms with E-state index in [4.69, 9.17) is 11.5 Å². The van der Waals surface area contributed by atoms with Crippen LogP contribution in [0.25, 0.3) is 0 Å². The predicted molar refractivity (Wildman–Crippen MR) is 50.2 cm³/mol. The number of nitrogens with two attached hydrogens (primary N) is 2. The molecule has 0 unspecified atom stereocenters. The standard InChI is InChI=1S/C8H14N4O/c1-8(2,3)12-4-5(7(10)13)6(9)11-12/h4H,1-3H3,(H2,9,11)(H2,10,13). The molecule has 0 aliphatic heterocycles. The first-order valence-corrected chi connectivity index (χ1v) is 3.98. The highest BCUT2D eigenvalue weighted by molar-refractivity contribution is 5.96. The van der Waals surface area contributed by atoms with Crippen LogP contribution < -0.4 is 11.5 Å². The molecule has 72 valence electrons. The Hall–Kier alpha value is -1.52. The predicted octanol–water partition coefficient (Wildman–Crippen LogP) is 0.319. The van der Waals surface area contributed by atoms with Gasteiger partial charge in [-0.1, -0.05) is 0 Å². The second kappa shape index (κ2) is 2.76. The van der Waals surface area contributed by atoms with Crippen LogP contribution in [0.2, 0.25) is 0 Å². The molecule has 1 amide bonds. The third-order valence-electron chi connectivity index (χ3n) is 1.70. The number of aromatic nitrogens is 2. The molecule has 0 fully saturated rings. The van der Waals surface area contributed by atoms with E-state index in [-0.39, 0.29) is 16.9 Å². The van der Waals surface area contributed by atoms with Crippen molar-refractivity contribution in [3.8, 4) is 0 Å². The fourth-order valence-electron chi connectivity index (χ4n) is 0.921. The summed E-state index contributed by atoms with van der Waals surface area (Å²) in [5, 5.41) is 4.00. The molecule has 13 heavy (non-hydrogen) atoms. The Labute approximate surface area is 76.7 Å². The summed E-state index contributed by atoms with van der Waals surface area (Å²) < 4.78 is 1.63.